The lowest BCUT2D eigenvalue weighted by Gasteiger charge is -2.23. The molecule has 0 aromatic rings. The Balaban J connectivity index is 2.40. The van der Waals surface area contributed by atoms with Gasteiger partial charge in [0.05, 0.1) is 7.85 Å². The summed E-state index contributed by atoms with van der Waals surface area (Å²) in [5.74, 6) is 2.79. The van der Waals surface area contributed by atoms with E-state index >= 15 is 0 Å². The fourth-order valence-corrected chi connectivity index (χ4v) is 2.21. The summed E-state index contributed by atoms with van der Waals surface area (Å²) < 4.78 is 0. The second-order valence-corrected chi connectivity index (χ2v) is 4.63. The van der Waals surface area contributed by atoms with E-state index in [0.717, 1.165) is 12.8 Å². The van der Waals surface area contributed by atoms with Gasteiger partial charge in [0.1, 0.15) is 0 Å². The summed E-state index contributed by atoms with van der Waals surface area (Å²) in [6.07, 6.45) is 18.1. The fourth-order valence-electron chi connectivity index (χ4n) is 2.21. The van der Waals surface area contributed by atoms with Gasteiger partial charge in [-0.05, 0) is 18.2 Å². The van der Waals surface area contributed by atoms with Crippen molar-refractivity contribution in [1.29, 1.82) is 0 Å². The number of rotatable bonds is 0. The Morgan fingerprint density at radius 2 is 1.14 bits per heavy atom. The molecule has 1 rings (SSSR count). The number of hydrogen-bond acceptors (Lipinski definition) is 0. The average Bonchev–Trinajstić information content (AvgIpc) is 2.24. The van der Waals surface area contributed by atoms with E-state index in [0.29, 0.717) is 0 Å². The van der Waals surface area contributed by atoms with Crippen LogP contribution in [0.4, 0.5) is 0 Å². The van der Waals surface area contributed by atoms with Crippen LogP contribution < -0.4 is 0 Å². The molecule has 0 amide bonds. The topological polar surface area (TPSA) is 0 Å². The average molecular weight is 188 g/mol. The van der Waals surface area contributed by atoms with E-state index in [1.54, 1.807) is 0 Å². The number of terminal acetylenes is 1. The summed E-state index contributed by atoms with van der Waals surface area (Å²) in [5.41, 5.74) is 0. The van der Waals surface area contributed by atoms with E-state index in [4.69, 9.17) is 14.3 Å². The minimum Gasteiger partial charge on any atom is -0.120 e. The molecule has 0 heterocycles. The predicted molar refractivity (Wildman–Crippen MR) is 63.5 cm³/mol. The largest absolute Gasteiger partial charge is 0.120 e. The van der Waals surface area contributed by atoms with Crippen LogP contribution >= 0.6 is 0 Å². The molecule has 76 valence electrons. The molecule has 1 aliphatic carbocycles. The second-order valence-electron chi connectivity index (χ2n) is 4.63. The van der Waals surface area contributed by atoms with Gasteiger partial charge in [-0.25, -0.2) is 0 Å². The normalized spacial score (nSPS) is 24.5. The Hall–Kier alpha value is -0.375. The van der Waals surface area contributed by atoms with Gasteiger partial charge in [0.25, 0.3) is 0 Å². The van der Waals surface area contributed by atoms with E-state index < -0.39 is 0 Å². The maximum absolute atomic E-state index is 6.16. The molecule has 0 saturated heterocycles. The highest BCUT2D eigenvalue weighted by Gasteiger charge is 2.19. The summed E-state index contributed by atoms with van der Waals surface area (Å²) >= 11 is 0. The zero-order valence-electron chi connectivity index (χ0n) is 9.23. The van der Waals surface area contributed by atoms with Crippen molar-refractivity contribution >= 4 is 7.85 Å². The molecule has 0 unspecified atom stereocenters. The smallest absolute Gasteiger partial charge is 0.0922 e. The van der Waals surface area contributed by atoms with Crippen LogP contribution in [-0.2, 0) is 0 Å². The Labute approximate surface area is 90.3 Å². The molecule has 0 aliphatic heterocycles. The molecule has 0 atom stereocenters. The Morgan fingerprint density at radius 1 is 0.786 bits per heavy atom. The van der Waals surface area contributed by atoms with Gasteiger partial charge in [0.2, 0.25) is 0 Å². The first-order valence-electron chi connectivity index (χ1n) is 6.03. The highest BCUT2D eigenvalue weighted by Crippen LogP contribution is 2.35. The summed E-state index contributed by atoms with van der Waals surface area (Å²) in [7, 11) is 6.16. The molecule has 0 aromatic carbocycles. The quantitative estimate of drug-likeness (QED) is 0.400. The van der Waals surface area contributed by atoms with Crippen molar-refractivity contribution in [3.8, 4) is 12.3 Å². The van der Waals surface area contributed by atoms with Crippen LogP contribution in [0.2, 0.25) is 5.31 Å². The Bertz CT molecular complexity index is 178. The van der Waals surface area contributed by atoms with Crippen molar-refractivity contribution in [2.75, 3.05) is 0 Å². The van der Waals surface area contributed by atoms with Crippen molar-refractivity contribution in [2.24, 2.45) is 0 Å². The third kappa shape index (κ3) is 4.22. The van der Waals surface area contributed by atoms with Gasteiger partial charge in [-0.2, -0.15) is 0 Å². The summed E-state index contributed by atoms with van der Waals surface area (Å²) in [6.45, 7) is 0. The summed E-state index contributed by atoms with van der Waals surface area (Å²) in [6, 6.07) is 0. The highest BCUT2D eigenvalue weighted by atomic mass is 14.2. The van der Waals surface area contributed by atoms with Crippen LogP contribution in [0.25, 0.3) is 0 Å². The van der Waals surface area contributed by atoms with Crippen molar-refractivity contribution < 1.29 is 0 Å². The third-order valence-corrected chi connectivity index (χ3v) is 3.28. The van der Waals surface area contributed by atoms with Gasteiger partial charge in [-0.1, -0.05) is 51.4 Å². The zero-order chi connectivity index (χ0) is 10.3. The molecule has 2 radical (unpaired) electrons. The lowest BCUT2D eigenvalue weighted by Crippen LogP contribution is -2.10. The van der Waals surface area contributed by atoms with Crippen LogP contribution in [0.3, 0.4) is 0 Å². The first-order valence-corrected chi connectivity index (χ1v) is 6.03. The molecule has 14 heavy (non-hydrogen) atoms. The van der Waals surface area contributed by atoms with Crippen molar-refractivity contribution in [3.63, 3.8) is 0 Å². The molecule has 0 bridgehead atoms. The minimum atomic E-state index is -0.301. The monoisotopic (exact) mass is 188 g/mol. The Kier molecular flexibility index (Phi) is 5.16. The van der Waals surface area contributed by atoms with Gasteiger partial charge < -0.3 is 0 Å². The molecule has 0 aromatic heterocycles. The minimum absolute atomic E-state index is 0.301. The lowest BCUT2D eigenvalue weighted by molar-refractivity contribution is 0.519. The standard InChI is InChI=1S/C13H21B/c1-2-13(14)11-9-7-5-3-4-6-8-10-12-13/h1H,3-12H2. The van der Waals surface area contributed by atoms with Crippen LogP contribution in [0, 0.1) is 12.3 Å². The van der Waals surface area contributed by atoms with Crippen LogP contribution in [0.1, 0.15) is 64.2 Å². The highest BCUT2D eigenvalue weighted by molar-refractivity contribution is 6.17. The first kappa shape index (κ1) is 11.7. The van der Waals surface area contributed by atoms with Crippen molar-refractivity contribution in [3.05, 3.63) is 0 Å². The van der Waals surface area contributed by atoms with E-state index in [-0.39, 0.29) is 5.31 Å². The second kappa shape index (κ2) is 6.17. The molecule has 0 spiro atoms. The summed E-state index contributed by atoms with van der Waals surface area (Å²) in [4.78, 5) is 0. The first-order chi connectivity index (χ1) is 6.77. The third-order valence-electron chi connectivity index (χ3n) is 3.28. The molecule has 0 N–H and O–H groups in total. The van der Waals surface area contributed by atoms with Gasteiger partial charge >= 0.3 is 0 Å². The van der Waals surface area contributed by atoms with Gasteiger partial charge in [0.15, 0.2) is 0 Å². The lowest BCUT2D eigenvalue weighted by atomic mass is 9.63. The van der Waals surface area contributed by atoms with E-state index in [1.807, 2.05) is 0 Å². The van der Waals surface area contributed by atoms with Crippen molar-refractivity contribution in [1.82, 2.24) is 0 Å². The maximum Gasteiger partial charge on any atom is 0.0922 e. The molecule has 1 heteroatoms. The molecule has 1 saturated carbocycles. The number of hydrogen-bond donors (Lipinski definition) is 0. The van der Waals surface area contributed by atoms with Crippen LogP contribution in [0.5, 0.6) is 0 Å². The van der Waals surface area contributed by atoms with E-state index in [1.165, 1.54) is 51.4 Å². The Morgan fingerprint density at radius 3 is 1.50 bits per heavy atom. The van der Waals surface area contributed by atoms with Gasteiger partial charge in [-0.3, -0.25) is 0 Å². The SMILES string of the molecule is [B]C1(C#C)CCCCCCCCCC1. The molecule has 1 aliphatic rings. The van der Waals surface area contributed by atoms with Gasteiger partial charge in [-0.15, -0.1) is 12.3 Å². The van der Waals surface area contributed by atoms with Crippen LogP contribution in [-0.4, -0.2) is 7.85 Å². The predicted octanol–water partition coefficient (Wildman–Crippen LogP) is 3.86. The molecule has 1 fully saturated rings. The zero-order valence-corrected chi connectivity index (χ0v) is 9.23. The fraction of sp³-hybridized carbons (Fsp3) is 0.846. The maximum atomic E-state index is 6.16. The van der Waals surface area contributed by atoms with Crippen LogP contribution in [0.15, 0.2) is 0 Å². The molecular formula is C13H21B. The van der Waals surface area contributed by atoms with Crippen molar-refractivity contribution in [2.45, 2.75) is 69.5 Å². The van der Waals surface area contributed by atoms with E-state index in [9.17, 15) is 0 Å². The molecule has 0 nitrogen and oxygen atoms in total. The molecular weight excluding hydrogens is 167 g/mol. The van der Waals surface area contributed by atoms with Gasteiger partial charge in [0, 0.05) is 0 Å². The summed E-state index contributed by atoms with van der Waals surface area (Å²) in [5, 5.41) is -0.301. The van der Waals surface area contributed by atoms with E-state index in [2.05, 4.69) is 5.92 Å².